The van der Waals surface area contributed by atoms with Crippen molar-refractivity contribution in [3.63, 3.8) is 0 Å². The summed E-state index contributed by atoms with van der Waals surface area (Å²) in [7, 11) is 0. The highest BCUT2D eigenvalue weighted by molar-refractivity contribution is 5.45. The molecule has 0 saturated heterocycles. The average molecular weight is 248 g/mol. The number of nitrogens with zero attached hydrogens (tertiary/aromatic N) is 4. The molecular weight excluding hydrogens is 232 g/mol. The van der Waals surface area contributed by atoms with Crippen molar-refractivity contribution >= 4 is 0 Å². The van der Waals surface area contributed by atoms with Crippen LogP contribution in [0.1, 0.15) is 26.2 Å². The number of aromatic nitrogens is 4. The van der Waals surface area contributed by atoms with E-state index in [9.17, 15) is 5.11 Å². The Bertz CT molecular complexity index is 484. The summed E-state index contributed by atoms with van der Waals surface area (Å²) in [5.74, 6) is 1.25. The van der Waals surface area contributed by atoms with Gasteiger partial charge in [-0.25, -0.2) is 4.98 Å². The molecule has 2 rings (SSSR count). The quantitative estimate of drug-likeness (QED) is 0.862. The van der Waals surface area contributed by atoms with Crippen LogP contribution in [0, 0.1) is 5.92 Å². The fraction of sp³-hybridized carbons (Fsp3) is 0.500. The molecule has 2 heterocycles. The van der Waals surface area contributed by atoms with Gasteiger partial charge in [0.15, 0.2) is 0 Å². The zero-order valence-electron chi connectivity index (χ0n) is 10.4. The van der Waals surface area contributed by atoms with Crippen LogP contribution in [0.5, 0.6) is 0 Å². The van der Waals surface area contributed by atoms with Crippen LogP contribution < -0.4 is 0 Å². The van der Waals surface area contributed by atoms with Crippen LogP contribution in [0.25, 0.3) is 11.5 Å². The van der Waals surface area contributed by atoms with E-state index in [1.165, 1.54) is 0 Å². The standard InChI is InChI=1S/C12H16N4O2/c1-8(2)5-9(17)6-11-15-12(16-18-11)10-7-13-3-4-14-10/h3-4,7-9,17H,5-6H2,1-2H3. The summed E-state index contributed by atoms with van der Waals surface area (Å²) in [6.45, 7) is 4.12. The molecule has 0 amide bonds. The van der Waals surface area contributed by atoms with Gasteiger partial charge in [0.1, 0.15) is 5.69 Å². The topological polar surface area (TPSA) is 84.9 Å². The van der Waals surface area contributed by atoms with E-state index in [4.69, 9.17) is 4.52 Å². The molecule has 1 unspecified atom stereocenters. The maximum absolute atomic E-state index is 9.80. The lowest BCUT2D eigenvalue weighted by molar-refractivity contribution is 0.138. The van der Waals surface area contributed by atoms with Gasteiger partial charge in [0, 0.05) is 12.4 Å². The van der Waals surface area contributed by atoms with E-state index in [2.05, 4.69) is 34.0 Å². The fourth-order valence-corrected chi connectivity index (χ4v) is 1.69. The van der Waals surface area contributed by atoms with Crippen LogP contribution in [-0.4, -0.2) is 31.3 Å². The minimum Gasteiger partial charge on any atom is -0.393 e. The number of hydrogen-bond donors (Lipinski definition) is 1. The van der Waals surface area contributed by atoms with Crippen LogP contribution in [0.2, 0.25) is 0 Å². The van der Waals surface area contributed by atoms with E-state index in [1.54, 1.807) is 18.6 Å². The van der Waals surface area contributed by atoms with Gasteiger partial charge in [0.05, 0.1) is 18.7 Å². The maximum atomic E-state index is 9.80. The van der Waals surface area contributed by atoms with Gasteiger partial charge >= 0.3 is 0 Å². The van der Waals surface area contributed by atoms with Gasteiger partial charge in [0.2, 0.25) is 11.7 Å². The molecule has 96 valence electrons. The van der Waals surface area contributed by atoms with Gasteiger partial charge < -0.3 is 9.63 Å². The molecular formula is C12H16N4O2. The molecule has 0 aliphatic carbocycles. The SMILES string of the molecule is CC(C)CC(O)Cc1nc(-c2cnccn2)no1. The Balaban J connectivity index is 2.03. The molecule has 0 radical (unpaired) electrons. The Hall–Kier alpha value is -1.82. The third kappa shape index (κ3) is 3.33. The fourth-order valence-electron chi connectivity index (χ4n) is 1.69. The highest BCUT2D eigenvalue weighted by Crippen LogP contribution is 2.14. The van der Waals surface area contributed by atoms with E-state index in [1.807, 2.05) is 0 Å². The molecule has 6 nitrogen and oxygen atoms in total. The number of aliphatic hydroxyl groups is 1. The van der Waals surface area contributed by atoms with E-state index in [-0.39, 0.29) is 0 Å². The first-order valence-electron chi connectivity index (χ1n) is 5.92. The predicted octanol–water partition coefficient (Wildman–Crippen LogP) is 1.48. The maximum Gasteiger partial charge on any atom is 0.229 e. The van der Waals surface area contributed by atoms with Crippen molar-refractivity contribution in [2.75, 3.05) is 0 Å². The third-order valence-corrected chi connectivity index (χ3v) is 2.41. The van der Waals surface area contributed by atoms with E-state index < -0.39 is 6.10 Å². The van der Waals surface area contributed by atoms with E-state index in [0.717, 1.165) is 0 Å². The van der Waals surface area contributed by atoms with Gasteiger partial charge in [-0.3, -0.25) is 4.98 Å². The zero-order valence-corrected chi connectivity index (χ0v) is 10.4. The molecule has 0 saturated carbocycles. The molecule has 0 bridgehead atoms. The van der Waals surface area contributed by atoms with Crippen LogP contribution in [0.4, 0.5) is 0 Å². The molecule has 0 aliphatic heterocycles. The second-order valence-electron chi connectivity index (χ2n) is 4.59. The van der Waals surface area contributed by atoms with Crippen molar-refractivity contribution in [3.05, 3.63) is 24.5 Å². The normalized spacial score (nSPS) is 12.9. The smallest absolute Gasteiger partial charge is 0.229 e. The second-order valence-corrected chi connectivity index (χ2v) is 4.59. The first-order valence-corrected chi connectivity index (χ1v) is 5.92. The summed E-state index contributed by atoms with van der Waals surface area (Å²) >= 11 is 0. The third-order valence-electron chi connectivity index (χ3n) is 2.41. The largest absolute Gasteiger partial charge is 0.393 e. The van der Waals surface area contributed by atoms with Crippen molar-refractivity contribution in [2.24, 2.45) is 5.92 Å². The molecule has 1 atom stereocenters. The number of rotatable bonds is 5. The highest BCUT2D eigenvalue weighted by atomic mass is 16.5. The van der Waals surface area contributed by atoms with Crippen molar-refractivity contribution in [2.45, 2.75) is 32.8 Å². The molecule has 6 heteroatoms. The second kappa shape index (κ2) is 5.68. The van der Waals surface area contributed by atoms with Gasteiger partial charge in [0.25, 0.3) is 0 Å². The van der Waals surface area contributed by atoms with Crippen LogP contribution in [-0.2, 0) is 6.42 Å². The summed E-state index contributed by atoms with van der Waals surface area (Å²) in [6, 6.07) is 0. The Morgan fingerprint density at radius 2 is 2.17 bits per heavy atom. The van der Waals surface area contributed by atoms with Crippen molar-refractivity contribution in [1.29, 1.82) is 0 Å². The van der Waals surface area contributed by atoms with Crippen LogP contribution in [0.15, 0.2) is 23.1 Å². The molecule has 1 N–H and O–H groups in total. The van der Waals surface area contributed by atoms with Crippen molar-refractivity contribution < 1.29 is 9.63 Å². The first kappa shape index (κ1) is 12.6. The zero-order chi connectivity index (χ0) is 13.0. The molecule has 0 spiro atoms. The summed E-state index contributed by atoms with van der Waals surface area (Å²) in [6.07, 6.45) is 5.34. The Labute approximate surface area is 105 Å². The summed E-state index contributed by atoms with van der Waals surface area (Å²) < 4.78 is 5.08. The van der Waals surface area contributed by atoms with Crippen LogP contribution >= 0.6 is 0 Å². The highest BCUT2D eigenvalue weighted by Gasteiger charge is 2.14. The lowest BCUT2D eigenvalue weighted by Gasteiger charge is -2.09. The molecule has 18 heavy (non-hydrogen) atoms. The van der Waals surface area contributed by atoms with Crippen LogP contribution in [0.3, 0.4) is 0 Å². The van der Waals surface area contributed by atoms with Crippen molar-refractivity contribution in [1.82, 2.24) is 20.1 Å². The Kier molecular flexibility index (Phi) is 3.99. The average Bonchev–Trinajstić information content (AvgIpc) is 2.77. The lowest BCUT2D eigenvalue weighted by atomic mass is 10.0. The Morgan fingerprint density at radius 3 is 2.83 bits per heavy atom. The predicted molar refractivity (Wildman–Crippen MR) is 64.5 cm³/mol. The summed E-state index contributed by atoms with van der Waals surface area (Å²) in [5.41, 5.74) is 0.561. The lowest BCUT2D eigenvalue weighted by Crippen LogP contribution is -2.13. The van der Waals surface area contributed by atoms with Gasteiger partial charge in [-0.2, -0.15) is 4.98 Å². The van der Waals surface area contributed by atoms with Gasteiger partial charge in [-0.1, -0.05) is 19.0 Å². The minimum absolute atomic E-state index is 0.367. The van der Waals surface area contributed by atoms with E-state index in [0.29, 0.717) is 36.2 Å². The first-order chi connectivity index (χ1) is 8.65. The summed E-state index contributed by atoms with van der Waals surface area (Å²) in [5, 5.41) is 13.6. The number of aliphatic hydroxyl groups excluding tert-OH is 1. The molecule has 0 aromatic carbocycles. The van der Waals surface area contributed by atoms with Gasteiger partial charge in [-0.15, -0.1) is 0 Å². The monoisotopic (exact) mass is 248 g/mol. The van der Waals surface area contributed by atoms with E-state index >= 15 is 0 Å². The molecule has 0 aliphatic rings. The Morgan fingerprint density at radius 1 is 1.33 bits per heavy atom. The molecule has 2 aromatic rings. The van der Waals surface area contributed by atoms with Crippen molar-refractivity contribution in [3.8, 4) is 11.5 Å². The molecule has 2 aromatic heterocycles. The minimum atomic E-state index is -0.458. The molecule has 0 fully saturated rings. The number of hydrogen-bond acceptors (Lipinski definition) is 6. The van der Waals surface area contributed by atoms with Gasteiger partial charge in [-0.05, 0) is 12.3 Å². The summed E-state index contributed by atoms with van der Waals surface area (Å²) in [4.78, 5) is 12.2.